The van der Waals surface area contributed by atoms with Crippen LogP contribution in [-0.2, 0) is 14.8 Å². The lowest BCUT2D eigenvalue weighted by molar-refractivity contribution is -0.118. The van der Waals surface area contributed by atoms with E-state index in [1.54, 1.807) is 0 Å². The molecular formula is C20H24FN3O6S. The second-order valence-corrected chi connectivity index (χ2v) is 9.06. The molecule has 168 valence electrons. The average molecular weight is 453 g/mol. The van der Waals surface area contributed by atoms with E-state index in [0.29, 0.717) is 0 Å². The van der Waals surface area contributed by atoms with Crippen LogP contribution in [0.15, 0.2) is 53.4 Å². The van der Waals surface area contributed by atoms with Crippen molar-refractivity contribution in [2.24, 2.45) is 0 Å². The molecule has 0 aliphatic heterocycles. The van der Waals surface area contributed by atoms with E-state index in [1.165, 1.54) is 50.2 Å². The van der Waals surface area contributed by atoms with Gasteiger partial charge in [-0.1, -0.05) is 0 Å². The highest BCUT2D eigenvalue weighted by atomic mass is 32.2. The summed E-state index contributed by atoms with van der Waals surface area (Å²) in [6.07, 6.45) is 0. The minimum absolute atomic E-state index is 0.0738. The molecule has 0 radical (unpaired) electrons. The summed E-state index contributed by atoms with van der Waals surface area (Å²) in [6, 6.07) is 8.58. The zero-order chi connectivity index (χ0) is 23.2. The van der Waals surface area contributed by atoms with E-state index in [4.69, 9.17) is 0 Å². The minimum Gasteiger partial charge on any atom is -0.394 e. The van der Waals surface area contributed by atoms with E-state index in [2.05, 4.69) is 15.4 Å². The van der Waals surface area contributed by atoms with Gasteiger partial charge in [-0.3, -0.25) is 9.59 Å². The Hall–Kier alpha value is -2.86. The third-order valence-corrected chi connectivity index (χ3v) is 5.86. The number of aliphatic hydroxyl groups excluding tert-OH is 2. The molecule has 2 amide bonds. The Balaban J connectivity index is 2.05. The second kappa shape index (κ2) is 9.96. The molecule has 9 nitrogen and oxygen atoms in total. The Morgan fingerprint density at radius 2 is 1.61 bits per heavy atom. The number of hydrogen-bond donors (Lipinski definition) is 5. The molecule has 0 spiro atoms. The van der Waals surface area contributed by atoms with Gasteiger partial charge in [0, 0.05) is 11.3 Å². The van der Waals surface area contributed by atoms with Crippen LogP contribution in [0.4, 0.5) is 10.1 Å². The number of halogens is 1. The summed E-state index contributed by atoms with van der Waals surface area (Å²) in [5.74, 6) is -1.92. The van der Waals surface area contributed by atoms with Crippen LogP contribution in [0.5, 0.6) is 0 Å². The highest BCUT2D eigenvalue weighted by molar-refractivity contribution is 7.89. The Morgan fingerprint density at radius 1 is 1.03 bits per heavy atom. The lowest BCUT2D eigenvalue weighted by Crippen LogP contribution is -2.46. The van der Waals surface area contributed by atoms with E-state index in [1.807, 2.05) is 0 Å². The van der Waals surface area contributed by atoms with Crippen molar-refractivity contribution < 1.29 is 32.6 Å². The Bertz CT molecular complexity index is 1020. The van der Waals surface area contributed by atoms with E-state index in [0.717, 1.165) is 12.1 Å². The first kappa shape index (κ1) is 24.4. The molecular weight excluding hydrogens is 429 g/mol. The summed E-state index contributed by atoms with van der Waals surface area (Å²) >= 11 is 0. The van der Waals surface area contributed by atoms with Crippen molar-refractivity contribution in [3.63, 3.8) is 0 Å². The average Bonchev–Trinajstić information content (AvgIpc) is 2.72. The van der Waals surface area contributed by atoms with Gasteiger partial charge in [-0.15, -0.1) is 0 Å². The van der Waals surface area contributed by atoms with Gasteiger partial charge in [-0.05, 0) is 62.4 Å². The van der Waals surface area contributed by atoms with Gasteiger partial charge in [-0.2, -0.15) is 0 Å². The maximum atomic E-state index is 13.0. The Labute approximate surface area is 179 Å². The van der Waals surface area contributed by atoms with Crippen LogP contribution in [0.3, 0.4) is 0 Å². The Morgan fingerprint density at radius 3 is 2.13 bits per heavy atom. The number of amides is 2. The first-order valence-electron chi connectivity index (χ1n) is 9.20. The fraction of sp³-hybridized carbons (Fsp3) is 0.300. The number of rotatable bonds is 9. The highest BCUT2D eigenvalue weighted by Gasteiger charge is 2.26. The molecule has 0 saturated heterocycles. The molecule has 2 aromatic rings. The molecule has 0 bridgehead atoms. The third-order valence-electron chi connectivity index (χ3n) is 4.15. The molecule has 0 heterocycles. The molecule has 31 heavy (non-hydrogen) atoms. The molecule has 0 fully saturated rings. The summed E-state index contributed by atoms with van der Waals surface area (Å²) in [5.41, 5.74) is -0.705. The quantitative estimate of drug-likeness (QED) is 0.376. The first-order valence-corrected chi connectivity index (χ1v) is 10.7. The summed E-state index contributed by atoms with van der Waals surface area (Å²) in [6.45, 7) is 1.96. The maximum Gasteiger partial charge on any atom is 0.251 e. The van der Waals surface area contributed by atoms with Gasteiger partial charge in [0.05, 0.1) is 23.6 Å². The van der Waals surface area contributed by atoms with Crippen molar-refractivity contribution in [2.45, 2.75) is 30.3 Å². The summed E-state index contributed by atoms with van der Waals surface area (Å²) in [7, 11) is -3.89. The standard InChI is InChI=1S/C20H24FN3O6S/c1-20(2,12-26)24-31(29,30)16-9-7-15(8-10-16)22-19(28)17(11-25)23-18(27)13-3-5-14(21)6-4-13/h3-10,17,24-26H,11-12H2,1-2H3,(H,22,28)(H,23,27)/t17-/m0/s1. The van der Waals surface area contributed by atoms with E-state index in [-0.39, 0.29) is 16.1 Å². The van der Waals surface area contributed by atoms with Crippen molar-refractivity contribution >= 4 is 27.5 Å². The number of aliphatic hydroxyl groups is 2. The minimum atomic E-state index is -3.89. The van der Waals surface area contributed by atoms with Crippen molar-refractivity contribution in [3.8, 4) is 0 Å². The monoisotopic (exact) mass is 453 g/mol. The first-order chi connectivity index (χ1) is 14.5. The van der Waals surface area contributed by atoms with Crippen molar-refractivity contribution in [3.05, 3.63) is 59.9 Å². The van der Waals surface area contributed by atoms with Crippen molar-refractivity contribution in [1.29, 1.82) is 0 Å². The van der Waals surface area contributed by atoms with Crippen molar-refractivity contribution in [2.75, 3.05) is 18.5 Å². The Kier molecular flexibility index (Phi) is 7.85. The molecule has 0 aliphatic carbocycles. The normalized spacial score (nSPS) is 12.8. The zero-order valence-electron chi connectivity index (χ0n) is 16.9. The molecule has 2 aromatic carbocycles. The van der Waals surface area contributed by atoms with E-state index in [9.17, 15) is 32.6 Å². The van der Waals surface area contributed by atoms with Crippen LogP contribution in [0, 0.1) is 5.82 Å². The molecule has 0 saturated carbocycles. The SMILES string of the molecule is CC(C)(CO)NS(=O)(=O)c1ccc(NC(=O)[C@H](CO)NC(=O)c2ccc(F)cc2)cc1. The van der Waals surface area contributed by atoms with Gasteiger partial charge in [0.2, 0.25) is 15.9 Å². The van der Waals surface area contributed by atoms with Gasteiger partial charge < -0.3 is 20.8 Å². The number of anilines is 1. The number of nitrogens with one attached hydrogen (secondary N) is 3. The molecule has 11 heteroatoms. The van der Waals surface area contributed by atoms with Crippen LogP contribution in [0.2, 0.25) is 0 Å². The molecule has 0 aromatic heterocycles. The number of carbonyl (C=O) groups excluding carboxylic acids is 2. The van der Waals surface area contributed by atoms with Gasteiger partial charge >= 0.3 is 0 Å². The molecule has 5 N–H and O–H groups in total. The van der Waals surface area contributed by atoms with Gasteiger partial charge in [0.25, 0.3) is 5.91 Å². The van der Waals surface area contributed by atoms with Crippen LogP contribution in [0.25, 0.3) is 0 Å². The van der Waals surface area contributed by atoms with E-state index >= 15 is 0 Å². The second-order valence-electron chi connectivity index (χ2n) is 7.38. The molecule has 2 rings (SSSR count). The van der Waals surface area contributed by atoms with Gasteiger partial charge in [0.1, 0.15) is 11.9 Å². The third kappa shape index (κ3) is 6.82. The van der Waals surface area contributed by atoms with Crippen LogP contribution < -0.4 is 15.4 Å². The number of sulfonamides is 1. The number of benzene rings is 2. The fourth-order valence-corrected chi connectivity index (χ4v) is 3.84. The van der Waals surface area contributed by atoms with Gasteiger partial charge in [-0.25, -0.2) is 17.5 Å². The topological polar surface area (TPSA) is 145 Å². The maximum absolute atomic E-state index is 13.0. The van der Waals surface area contributed by atoms with E-state index < -0.39 is 52.4 Å². The summed E-state index contributed by atoms with van der Waals surface area (Å²) in [4.78, 5) is 24.5. The van der Waals surface area contributed by atoms with Crippen LogP contribution in [-0.4, -0.2) is 55.2 Å². The summed E-state index contributed by atoms with van der Waals surface area (Å²) < 4.78 is 40.0. The predicted molar refractivity (Wildman–Crippen MR) is 111 cm³/mol. The largest absolute Gasteiger partial charge is 0.394 e. The molecule has 0 unspecified atom stereocenters. The lowest BCUT2D eigenvalue weighted by atomic mass is 10.1. The molecule has 1 atom stereocenters. The lowest BCUT2D eigenvalue weighted by Gasteiger charge is -2.23. The van der Waals surface area contributed by atoms with Crippen LogP contribution in [0.1, 0.15) is 24.2 Å². The summed E-state index contributed by atoms with van der Waals surface area (Å²) in [5, 5.41) is 23.5. The molecule has 0 aliphatic rings. The van der Waals surface area contributed by atoms with Crippen molar-refractivity contribution in [1.82, 2.24) is 10.0 Å². The zero-order valence-corrected chi connectivity index (χ0v) is 17.7. The van der Waals surface area contributed by atoms with Gasteiger partial charge in [0.15, 0.2) is 0 Å². The fourth-order valence-electron chi connectivity index (χ4n) is 2.44. The number of hydrogen-bond acceptors (Lipinski definition) is 6. The smallest absolute Gasteiger partial charge is 0.251 e. The number of carbonyl (C=O) groups is 2. The highest BCUT2D eigenvalue weighted by Crippen LogP contribution is 2.16. The van der Waals surface area contributed by atoms with Crippen LogP contribution >= 0.6 is 0 Å². The predicted octanol–water partition coefficient (Wildman–Crippen LogP) is 0.604.